The fraction of sp³-hybridized carbons (Fsp3) is 0.200. The van der Waals surface area contributed by atoms with Gasteiger partial charge < -0.3 is 5.11 Å². The highest BCUT2D eigenvalue weighted by molar-refractivity contribution is 7.15. The molecular formula is C20H19NO2S. The van der Waals surface area contributed by atoms with Gasteiger partial charge in [-0.05, 0) is 18.9 Å². The van der Waals surface area contributed by atoms with Crippen molar-refractivity contribution in [2.45, 2.75) is 26.7 Å². The zero-order valence-corrected chi connectivity index (χ0v) is 14.6. The van der Waals surface area contributed by atoms with E-state index in [1.165, 1.54) is 22.5 Å². The second-order valence-electron chi connectivity index (χ2n) is 5.78. The van der Waals surface area contributed by atoms with Crippen molar-refractivity contribution in [3.05, 3.63) is 64.5 Å². The van der Waals surface area contributed by atoms with Crippen LogP contribution in [-0.4, -0.2) is 16.1 Å². The lowest BCUT2D eigenvalue weighted by Crippen LogP contribution is -1.99. The van der Waals surface area contributed by atoms with E-state index in [0.717, 1.165) is 33.1 Å². The molecule has 0 amide bonds. The normalized spacial score (nSPS) is 10.8. The van der Waals surface area contributed by atoms with Crippen LogP contribution in [0.3, 0.4) is 0 Å². The summed E-state index contributed by atoms with van der Waals surface area (Å²) in [5, 5.41) is 10.1. The van der Waals surface area contributed by atoms with Crippen LogP contribution < -0.4 is 0 Å². The smallest absolute Gasteiger partial charge is 0.308 e. The molecule has 0 fully saturated rings. The third-order valence-corrected chi connectivity index (χ3v) is 5.05. The summed E-state index contributed by atoms with van der Waals surface area (Å²) in [5.41, 5.74) is 5.22. The van der Waals surface area contributed by atoms with Gasteiger partial charge in [0.2, 0.25) is 0 Å². The maximum Gasteiger partial charge on any atom is 0.308 e. The van der Waals surface area contributed by atoms with Gasteiger partial charge in [0.15, 0.2) is 0 Å². The highest BCUT2D eigenvalue weighted by Crippen LogP contribution is 2.34. The van der Waals surface area contributed by atoms with E-state index in [4.69, 9.17) is 4.98 Å². The topological polar surface area (TPSA) is 50.2 Å². The molecule has 24 heavy (non-hydrogen) atoms. The van der Waals surface area contributed by atoms with E-state index < -0.39 is 5.97 Å². The molecule has 0 atom stereocenters. The van der Waals surface area contributed by atoms with Crippen molar-refractivity contribution < 1.29 is 9.90 Å². The highest BCUT2D eigenvalue weighted by atomic mass is 32.1. The van der Waals surface area contributed by atoms with Crippen LogP contribution in [-0.2, 0) is 17.6 Å². The summed E-state index contributed by atoms with van der Waals surface area (Å²) in [6, 6.07) is 16.4. The first-order chi connectivity index (χ1) is 11.6. The molecule has 0 unspecified atom stereocenters. The molecule has 0 aliphatic carbocycles. The van der Waals surface area contributed by atoms with Crippen LogP contribution in [0.1, 0.15) is 22.9 Å². The Hall–Kier alpha value is -2.46. The molecule has 0 saturated heterocycles. The fourth-order valence-electron chi connectivity index (χ4n) is 2.55. The number of hydrogen-bond acceptors (Lipinski definition) is 3. The molecule has 3 nitrogen and oxygen atoms in total. The quantitative estimate of drug-likeness (QED) is 0.715. The Morgan fingerprint density at radius 2 is 1.67 bits per heavy atom. The van der Waals surface area contributed by atoms with Crippen LogP contribution in [0.5, 0.6) is 0 Å². The van der Waals surface area contributed by atoms with E-state index >= 15 is 0 Å². The molecule has 3 aromatic rings. The molecule has 0 spiro atoms. The number of carboxylic acids is 1. The van der Waals surface area contributed by atoms with Gasteiger partial charge in [-0.15, -0.1) is 11.3 Å². The largest absolute Gasteiger partial charge is 0.481 e. The number of aliphatic carboxylic acids is 1. The summed E-state index contributed by atoms with van der Waals surface area (Å²) in [6.45, 7) is 4.16. The zero-order valence-electron chi connectivity index (χ0n) is 13.7. The lowest BCUT2D eigenvalue weighted by Gasteiger charge is -2.01. The molecule has 2 aromatic carbocycles. The van der Waals surface area contributed by atoms with Crippen molar-refractivity contribution in [3.8, 4) is 21.8 Å². The summed E-state index contributed by atoms with van der Waals surface area (Å²) in [5.74, 6) is -0.833. The third kappa shape index (κ3) is 3.54. The van der Waals surface area contributed by atoms with E-state index in [9.17, 15) is 9.90 Å². The zero-order chi connectivity index (χ0) is 17.1. The Bertz CT molecular complexity index is 848. The van der Waals surface area contributed by atoms with E-state index in [-0.39, 0.29) is 6.42 Å². The van der Waals surface area contributed by atoms with Crippen LogP contribution in [0, 0.1) is 6.92 Å². The number of aromatic nitrogens is 1. The average Bonchev–Trinajstić information content (AvgIpc) is 2.98. The number of hydrogen-bond donors (Lipinski definition) is 1. The number of rotatable bonds is 5. The van der Waals surface area contributed by atoms with Crippen LogP contribution >= 0.6 is 11.3 Å². The first-order valence-electron chi connectivity index (χ1n) is 7.94. The Labute approximate surface area is 145 Å². The summed E-state index contributed by atoms with van der Waals surface area (Å²) < 4.78 is 0. The van der Waals surface area contributed by atoms with Crippen molar-refractivity contribution in [3.63, 3.8) is 0 Å². The number of carbonyl (C=O) groups is 1. The van der Waals surface area contributed by atoms with Gasteiger partial charge in [-0.1, -0.05) is 61.0 Å². The predicted octanol–water partition coefficient (Wildman–Crippen LogP) is 4.98. The molecule has 1 heterocycles. The molecule has 3 rings (SSSR count). The Morgan fingerprint density at radius 1 is 1.04 bits per heavy atom. The summed E-state index contributed by atoms with van der Waals surface area (Å²) in [7, 11) is 0. The maximum absolute atomic E-state index is 11.2. The number of carboxylic acid groups (broad SMARTS) is 1. The van der Waals surface area contributed by atoms with Crippen molar-refractivity contribution in [2.24, 2.45) is 0 Å². The van der Waals surface area contributed by atoms with Crippen molar-refractivity contribution in [1.29, 1.82) is 0 Å². The standard InChI is InChI=1S/C20H19NO2S/c1-3-14-6-10-16(11-7-14)20-21-19(17(24-20)12-18(22)23)15-8-4-13(2)5-9-15/h4-11H,3,12H2,1-2H3,(H,22,23). The van der Waals surface area contributed by atoms with Crippen LogP contribution in [0.25, 0.3) is 21.8 Å². The second-order valence-corrected chi connectivity index (χ2v) is 6.86. The van der Waals surface area contributed by atoms with E-state index in [0.29, 0.717) is 0 Å². The highest BCUT2D eigenvalue weighted by Gasteiger charge is 2.16. The number of aryl methyl sites for hydroxylation is 2. The number of thiazole rings is 1. The molecule has 1 aromatic heterocycles. The van der Waals surface area contributed by atoms with Crippen LogP contribution in [0.2, 0.25) is 0 Å². The first-order valence-corrected chi connectivity index (χ1v) is 8.76. The minimum atomic E-state index is -0.833. The molecule has 0 radical (unpaired) electrons. The van der Waals surface area contributed by atoms with Gasteiger partial charge >= 0.3 is 5.97 Å². The molecule has 4 heteroatoms. The summed E-state index contributed by atoms with van der Waals surface area (Å²) in [4.78, 5) is 16.8. The molecule has 122 valence electrons. The van der Waals surface area contributed by atoms with Crippen molar-refractivity contribution in [2.75, 3.05) is 0 Å². The summed E-state index contributed by atoms with van der Waals surface area (Å²) in [6.07, 6.45) is 0.991. The number of nitrogens with zero attached hydrogens (tertiary/aromatic N) is 1. The van der Waals surface area contributed by atoms with Crippen LogP contribution in [0.15, 0.2) is 48.5 Å². The SMILES string of the molecule is CCc1ccc(-c2nc(-c3ccc(C)cc3)c(CC(=O)O)s2)cc1. The monoisotopic (exact) mass is 337 g/mol. The van der Waals surface area contributed by atoms with Gasteiger partial charge in [-0.25, -0.2) is 4.98 Å². The van der Waals surface area contributed by atoms with E-state index in [1.807, 2.05) is 31.2 Å². The average molecular weight is 337 g/mol. The lowest BCUT2D eigenvalue weighted by molar-refractivity contribution is -0.136. The molecular weight excluding hydrogens is 318 g/mol. The Kier molecular flexibility index (Phi) is 4.76. The molecule has 0 aliphatic rings. The van der Waals surface area contributed by atoms with E-state index in [1.54, 1.807) is 0 Å². The maximum atomic E-state index is 11.2. The van der Waals surface area contributed by atoms with Gasteiger partial charge in [-0.2, -0.15) is 0 Å². The van der Waals surface area contributed by atoms with Gasteiger partial charge in [-0.3, -0.25) is 4.79 Å². The molecule has 0 saturated carbocycles. The Morgan fingerprint density at radius 3 is 2.25 bits per heavy atom. The van der Waals surface area contributed by atoms with Gasteiger partial charge in [0.1, 0.15) is 5.01 Å². The first kappa shape index (κ1) is 16.4. The fourth-order valence-corrected chi connectivity index (χ4v) is 3.63. The minimum absolute atomic E-state index is 0.00603. The molecule has 1 N–H and O–H groups in total. The van der Waals surface area contributed by atoms with Crippen molar-refractivity contribution in [1.82, 2.24) is 4.98 Å². The third-order valence-electron chi connectivity index (χ3n) is 3.94. The second kappa shape index (κ2) is 6.97. The number of benzene rings is 2. The molecule has 0 aliphatic heterocycles. The lowest BCUT2D eigenvalue weighted by atomic mass is 10.1. The van der Waals surface area contributed by atoms with Gasteiger partial charge in [0.25, 0.3) is 0 Å². The Balaban J connectivity index is 2.04. The van der Waals surface area contributed by atoms with Gasteiger partial charge in [0.05, 0.1) is 12.1 Å². The molecule has 0 bridgehead atoms. The summed E-state index contributed by atoms with van der Waals surface area (Å²) >= 11 is 1.46. The van der Waals surface area contributed by atoms with Crippen molar-refractivity contribution >= 4 is 17.3 Å². The predicted molar refractivity (Wildman–Crippen MR) is 98.4 cm³/mol. The van der Waals surface area contributed by atoms with E-state index in [2.05, 4.69) is 31.2 Å². The van der Waals surface area contributed by atoms with Gasteiger partial charge in [0, 0.05) is 16.0 Å². The van der Waals surface area contributed by atoms with Crippen LogP contribution in [0.4, 0.5) is 0 Å². The minimum Gasteiger partial charge on any atom is -0.481 e.